The van der Waals surface area contributed by atoms with E-state index in [-0.39, 0.29) is 16.8 Å². The number of benzene rings is 1. The molecule has 0 spiro atoms. The Bertz CT molecular complexity index is 767. The second-order valence-corrected chi connectivity index (χ2v) is 4.45. The highest BCUT2D eigenvalue weighted by Crippen LogP contribution is 2.20. The molecule has 0 aliphatic heterocycles. The van der Waals surface area contributed by atoms with Crippen molar-refractivity contribution in [2.75, 3.05) is 0 Å². The number of aromatic nitrogens is 2. The smallest absolute Gasteiger partial charge is 0.335 e. The predicted molar refractivity (Wildman–Crippen MR) is 71.7 cm³/mol. The minimum Gasteiger partial charge on any atom is -0.478 e. The van der Waals surface area contributed by atoms with Gasteiger partial charge in [0.2, 0.25) is 0 Å². The van der Waals surface area contributed by atoms with Gasteiger partial charge in [0.1, 0.15) is 6.07 Å². The summed E-state index contributed by atoms with van der Waals surface area (Å²) in [5.74, 6) is -2.47. The number of rotatable bonds is 3. The Morgan fingerprint density at radius 1 is 1.14 bits per heavy atom. The van der Waals surface area contributed by atoms with Crippen LogP contribution in [-0.2, 0) is 0 Å². The zero-order valence-corrected chi connectivity index (χ0v) is 11.3. The molecule has 0 unspecified atom stereocenters. The second kappa shape index (κ2) is 5.09. The molecular formula is C14H11N3O4. The Labute approximate surface area is 119 Å². The lowest BCUT2D eigenvalue weighted by atomic mass is 10.1. The number of carboxylic acid groups (broad SMARTS) is 2. The van der Waals surface area contributed by atoms with Crippen molar-refractivity contribution in [1.82, 2.24) is 9.78 Å². The van der Waals surface area contributed by atoms with Gasteiger partial charge in [0.25, 0.3) is 0 Å². The standard InChI is InChI=1S/C14H11N3O4/c1-7-12(6-15)8(2)17(16-7)11-4-9(13(18)19)3-10(5-11)14(20)21/h3-5H,1-2H3,(H,18,19)(H,20,21). The van der Waals surface area contributed by atoms with Crippen molar-refractivity contribution in [2.24, 2.45) is 0 Å². The number of carboxylic acids is 2. The van der Waals surface area contributed by atoms with E-state index in [1.54, 1.807) is 13.8 Å². The minimum atomic E-state index is -1.23. The summed E-state index contributed by atoms with van der Waals surface area (Å²) in [6.45, 7) is 3.31. The molecule has 0 fully saturated rings. The number of hydrogen-bond acceptors (Lipinski definition) is 4. The predicted octanol–water partition coefficient (Wildman–Crippen LogP) is 1.76. The van der Waals surface area contributed by atoms with Crippen molar-refractivity contribution in [3.05, 3.63) is 46.3 Å². The molecule has 0 bridgehead atoms. The van der Waals surface area contributed by atoms with E-state index in [4.69, 9.17) is 15.5 Å². The summed E-state index contributed by atoms with van der Waals surface area (Å²) in [6.07, 6.45) is 0. The van der Waals surface area contributed by atoms with E-state index in [1.165, 1.54) is 16.8 Å². The highest BCUT2D eigenvalue weighted by molar-refractivity contribution is 5.94. The van der Waals surface area contributed by atoms with Gasteiger partial charge >= 0.3 is 11.9 Å². The van der Waals surface area contributed by atoms with Crippen molar-refractivity contribution in [3.63, 3.8) is 0 Å². The Morgan fingerprint density at radius 2 is 1.67 bits per heavy atom. The summed E-state index contributed by atoms with van der Waals surface area (Å²) in [6, 6.07) is 5.72. The van der Waals surface area contributed by atoms with E-state index in [0.29, 0.717) is 17.0 Å². The summed E-state index contributed by atoms with van der Waals surface area (Å²) in [7, 11) is 0. The fraction of sp³-hybridized carbons (Fsp3) is 0.143. The Morgan fingerprint density at radius 3 is 2.05 bits per heavy atom. The second-order valence-electron chi connectivity index (χ2n) is 4.45. The molecule has 0 saturated carbocycles. The van der Waals surface area contributed by atoms with Crippen LogP contribution < -0.4 is 0 Å². The zero-order chi connectivity index (χ0) is 15.7. The van der Waals surface area contributed by atoms with Crippen molar-refractivity contribution in [2.45, 2.75) is 13.8 Å². The zero-order valence-electron chi connectivity index (χ0n) is 11.3. The van der Waals surface area contributed by atoms with Gasteiger partial charge < -0.3 is 10.2 Å². The van der Waals surface area contributed by atoms with Crippen LogP contribution in [0, 0.1) is 25.2 Å². The van der Waals surface area contributed by atoms with E-state index in [9.17, 15) is 9.59 Å². The van der Waals surface area contributed by atoms with Gasteiger partial charge in [-0.25, -0.2) is 14.3 Å². The highest BCUT2D eigenvalue weighted by atomic mass is 16.4. The number of nitrogens with zero attached hydrogens (tertiary/aromatic N) is 3. The van der Waals surface area contributed by atoms with Crippen molar-refractivity contribution in [3.8, 4) is 11.8 Å². The quantitative estimate of drug-likeness (QED) is 0.887. The molecule has 106 valence electrons. The lowest BCUT2D eigenvalue weighted by Gasteiger charge is -2.07. The highest BCUT2D eigenvalue weighted by Gasteiger charge is 2.16. The first-order valence-corrected chi connectivity index (χ1v) is 5.93. The molecule has 21 heavy (non-hydrogen) atoms. The third kappa shape index (κ3) is 2.47. The third-order valence-electron chi connectivity index (χ3n) is 3.06. The summed E-state index contributed by atoms with van der Waals surface area (Å²) in [5.41, 5.74) is 1.37. The maximum Gasteiger partial charge on any atom is 0.335 e. The number of hydrogen-bond donors (Lipinski definition) is 2. The lowest BCUT2D eigenvalue weighted by molar-refractivity contribution is 0.0696. The van der Waals surface area contributed by atoms with Gasteiger partial charge in [-0.2, -0.15) is 10.4 Å². The van der Waals surface area contributed by atoms with Crippen molar-refractivity contribution < 1.29 is 19.8 Å². The summed E-state index contributed by atoms with van der Waals surface area (Å²) >= 11 is 0. The van der Waals surface area contributed by atoms with Crippen LogP contribution in [0.5, 0.6) is 0 Å². The van der Waals surface area contributed by atoms with Crippen LogP contribution in [-0.4, -0.2) is 31.9 Å². The number of aromatic carboxylic acids is 2. The molecule has 0 saturated heterocycles. The summed E-state index contributed by atoms with van der Waals surface area (Å²) < 4.78 is 1.37. The van der Waals surface area contributed by atoms with Crippen molar-refractivity contribution in [1.29, 1.82) is 5.26 Å². The Balaban J connectivity index is 2.72. The van der Waals surface area contributed by atoms with Gasteiger partial charge in [-0.1, -0.05) is 0 Å². The third-order valence-corrected chi connectivity index (χ3v) is 3.06. The summed E-state index contributed by atoms with van der Waals surface area (Å²) in [4.78, 5) is 22.2. The molecule has 2 rings (SSSR count). The molecule has 0 amide bonds. The fourth-order valence-corrected chi connectivity index (χ4v) is 2.04. The molecule has 2 aromatic rings. The molecular weight excluding hydrogens is 274 g/mol. The van der Waals surface area contributed by atoms with E-state index in [2.05, 4.69) is 5.10 Å². The van der Waals surface area contributed by atoms with Gasteiger partial charge in [0.15, 0.2) is 0 Å². The molecule has 7 heteroatoms. The van der Waals surface area contributed by atoms with Crippen LogP contribution in [0.2, 0.25) is 0 Å². The van der Waals surface area contributed by atoms with Crippen LogP contribution >= 0.6 is 0 Å². The molecule has 0 atom stereocenters. The molecule has 0 radical (unpaired) electrons. The average molecular weight is 285 g/mol. The molecule has 2 N–H and O–H groups in total. The molecule has 1 aromatic heterocycles. The maximum absolute atomic E-state index is 11.1. The van der Waals surface area contributed by atoms with Gasteiger partial charge in [-0.3, -0.25) is 0 Å². The molecule has 0 aliphatic rings. The van der Waals surface area contributed by atoms with Gasteiger partial charge in [0, 0.05) is 0 Å². The Hall–Kier alpha value is -3.14. The van der Waals surface area contributed by atoms with Gasteiger partial charge in [0.05, 0.1) is 33.8 Å². The molecule has 1 heterocycles. The largest absolute Gasteiger partial charge is 0.478 e. The SMILES string of the molecule is Cc1nn(-c2cc(C(=O)O)cc(C(=O)O)c2)c(C)c1C#N. The summed E-state index contributed by atoms with van der Waals surface area (Å²) in [5, 5.41) is 31.3. The van der Waals surface area contributed by atoms with Gasteiger partial charge in [-0.05, 0) is 32.0 Å². The first-order valence-electron chi connectivity index (χ1n) is 5.93. The molecule has 0 aliphatic carbocycles. The molecule has 1 aromatic carbocycles. The van der Waals surface area contributed by atoms with E-state index in [1.807, 2.05) is 6.07 Å². The number of nitriles is 1. The van der Waals surface area contributed by atoms with Crippen LogP contribution in [0.25, 0.3) is 5.69 Å². The first-order chi connectivity index (χ1) is 9.85. The van der Waals surface area contributed by atoms with E-state index < -0.39 is 11.9 Å². The Kier molecular flexibility index (Phi) is 3.46. The van der Waals surface area contributed by atoms with Crippen LogP contribution in [0.4, 0.5) is 0 Å². The average Bonchev–Trinajstić information content (AvgIpc) is 2.72. The normalized spacial score (nSPS) is 10.1. The van der Waals surface area contributed by atoms with Crippen LogP contribution in [0.3, 0.4) is 0 Å². The number of carbonyl (C=O) groups is 2. The monoisotopic (exact) mass is 285 g/mol. The van der Waals surface area contributed by atoms with Crippen LogP contribution in [0.15, 0.2) is 18.2 Å². The molecule has 7 nitrogen and oxygen atoms in total. The van der Waals surface area contributed by atoms with E-state index in [0.717, 1.165) is 6.07 Å². The lowest BCUT2D eigenvalue weighted by Crippen LogP contribution is -2.07. The van der Waals surface area contributed by atoms with Gasteiger partial charge in [-0.15, -0.1) is 0 Å². The minimum absolute atomic E-state index is 0.157. The van der Waals surface area contributed by atoms with E-state index >= 15 is 0 Å². The van der Waals surface area contributed by atoms with Crippen molar-refractivity contribution >= 4 is 11.9 Å². The maximum atomic E-state index is 11.1. The topological polar surface area (TPSA) is 116 Å². The number of aryl methyl sites for hydroxylation is 1. The first kappa shape index (κ1) is 14.3. The fourth-order valence-electron chi connectivity index (χ4n) is 2.04. The van der Waals surface area contributed by atoms with Crippen LogP contribution in [0.1, 0.15) is 37.7 Å².